The van der Waals surface area contributed by atoms with Gasteiger partial charge in [0.15, 0.2) is 0 Å². The molecule has 0 fully saturated rings. The lowest BCUT2D eigenvalue weighted by atomic mass is 9.99. The first kappa shape index (κ1) is 17.5. The summed E-state index contributed by atoms with van der Waals surface area (Å²) in [6.07, 6.45) is 0.996. The van der Waals surface area contributed by atoms with Crippen molar-refractivity contribution in [3.8, 4) is 0 Å². The molecular formula is C14H22N2O4S. The topological polar surface area (TPSA) is 95.5 Å². The van der Waals surface area contributed by atoms with Gasteiger partial charge >= 0.3 is 5.97 Å². The second-order valence-electron chi connectivity index (χ2n) is 5.01. The van der Waals surface area contributed by atoms with E-state index in [9.17, 15) is 18.3 Å². The Labute approximate surface area is 125 Å². The van der Waals surface area contributed by atoms with Crippen LogP contribution in [-0.4, -0.2) is 31.6 Å². The van der Waals surface area contributed by atoms with Crippen LogP contribution in [-0.2, 0) is 14.8 Å². The fourth-order valence-electron chi connectivity index (χ4n) is 1.71. The minimum Gasteiger partial charge on any atom is -0.480 e. The molecule has 0 heterocycles. The van der Waals surface area contributed by atoms with Gasteiger partial charge in [0.25, 0.3) is 0 Å². The number of sulfonamides is 1. The highest BCUT2D eigenvalue weighted by atomic mass is 32.2. The van der Waals surface area contributed by atoms with E-state index in [1.165, 1.54) is 13.0 Å². The number of carboxylic acid groups (broad SMARTS) is 1. The van der Waals surface area contributed by atoms with Gasteiger partial charge in [-0.15, -0.1) is 0 Å². The van der Waals surface area contributed by atoms with Crippen molar-refractivity contribution in [1.82, 2.24) is 4.72 Å². The molecule has 0 aromatic heterocycles. The summed E-state index contributed by atoms with van der Waals surface area (Å²) in [5.41, 5.74) is -0.941. The Morgan fingerprint density at radius 3 is 2.43 bits per heavy atom. The van der Waals surface area contributed by atoms with E-state index in [1.54, 1.807) is 25.1 Å². The highest BCUT2D eigenvalue weighted by Gasteiger charge is 2.32. The van der Waals surface area contributed by atoms with Crippen LogP contribution in [0.5, 0.6) is 0 Å². The summed E-state index contributed by atoms with van der Waals surface area (Å²) in [5.74, 6) is -1.03. The molecule has 0 saturated carbocycles. The average Bonchev–Trinajstić information content (AvgIpc) is 2.45. The molecule has 0 bridgehead atoms. The zero-order valence-electron chi connectivity index (χ0n) is 12.5. The third kappa shape index (κ3) is 4.18. The van der Waals surface area contributed by atoms with Crippen molar-refractivity contribution in [3.05, 3.63) is 24.3 Å². The molecule has 1 aromatic rings. The normalized spacial score (nSPS) is 14.4. The van der Waals surface area contributed by atoms with Crippen molar-refractivity contribution in [3.63, 3.8) is 0 Å². The van der Waals surface area contributed by atoms with Crippen LogP contribution in [0.4, 0.5) is 5.69 Å². The first-order chi connectivity index (χ1) is 9.77. The highest BCUT2D eigenvalue weighted by Crippen LogP contribution is 2.25. The fraction of sp³-hybridized carbons (Fsp3) is 0.500. The number of carboxylic acids is 1. The summed E-state index contributed by atoms with van der Waals surface area (Å²) in [7, 11) is -3.66. The zero-order valence-corrected chi connectivity index (χ0v) is 13.3. The van der Waals surface area contributed by atoms with Crippen LogP contribution in [0.2, 0.25) is 0 Å². The van der Waals surface area contributed by atoms with E-state index >= 15 is 0 Å². The molecule has 1 atom stereocenters. The minimum atomic E-state index is -3.66. The molecule has 1 unspecified atom stereocenters. The Balaban J connectivity index is 3.19. The second kappa shape index (κ2) is 6.91. The number of nitrogens with one attached hydrogen (secondary N) is 2. The van der Waals surface area contributed by atoms with E-state index in [0.29, 0.717) is 19.4 Å². The van der Waals surface area contributed by atoms with E-state index in [-0.39, 0.29) is 10.6 Å². The molecule has 1 aromatic carbocycles. The predicted octanol–water partition coefficient (Wildman–Crippen LogP) is 2.04. The predicted molar refractivity (Wildman–Crippen MR) is 81.9 cm³/mol. The number of aliphatic carboxylic acids is 1. The number of para-hydroxylation sites is 1. The zero-order chi connectivity index (χ0) is 16.1. The first-order valence-corrected chi connectivity index (χ1v) is 8.35. The van der Waals surface area contributed by atoms with Gasteiger partial charge in [0.2, 0.25) is 10.0 Å². The molecule has 118 valence electrons. The van der Waals surface area contributed by atoms with Crippen LogP contribution in [0.15, 0.2) is 29.2 Å². The largest absolute Gasteiger partial charge is 0.480 e. The molecule has 0 aliphatic rings. The van der Waals surface area contributed by atoms with Gasteiger partial charge in [-0.05, 0) is 31.9 Å². The molecule has 3 N–H and O–H groups in total. The number of carbonyl (C=O) groups is 1. The smallest absolute Gasteiger partial charge is 0.329 e. The number of hydrogen-bond donors (Lipinski definition) is 3. The van der Waals surface area contributed by atoms with Crippen LogP contribution in [0.1, 0.15) is 33.6 Å². The lowest BCUT2D eigenvalue weighted by molar-refractivity contribution is -0.141. The molecule has 0 aliphatic heterocycles. The third-order valence-corrected chi connectivity index (χ3v) is 4.83. The van der Waals surface area contributed by atoms with Crippen molar-refractivity contribution in [1.29, 1.82) is 0 Å². The maximum atomic E-state index is 12.3. The Morgan fingerprint density at radius 2 is 1.90 bits per heavy atom. The van der Waals surface area contributed by atoms with E-state index in [1.807, 2.05) is 6.92 Å². The Bertz CT molecular complexity index is 601. The van der Waals surface area contributed by atoms with Gasteiger partial charge in [0.05, 0.1) is 5.69 Å². The van der Waals surface area contributed by atoms with E-state index in [2.05, 4.69) is 10.0 Å². The summed E-state index contributed by atoms with van der Waals surface area (Å²) in [5, 5.41) is 12.1. The van der Waals surface area contributed by atoms with Gasteiger partial charge < -0.3 is 10.4 Å². The maximum Gasteiger partial charge on any atom is 0.329 e. The summed E-state index contributed by atoms with van der Waals surface area (Å²) in [6, 6.07) is 6.30. The molecule has 0 radical (unpaired) electrons. The number of rotatable bonds is 8. The molecule has 7 heteroatoms. The van der Waals surface area contributed by atoms with Gasteiger partial charge in [-0.25, -0.2) is 17.9 Å². The molecule has 0 aliphatic carbocycles. The van der Waals surface area contributed by atoms with Gasteiger partial charge in [0, 0.05) is 6.54 Å². The van der Waals surface area contributed by atoms with Gasteiger partial charge in [0.1, 0.15) is 10.4 Å². The Hall–Kier alpha value is -1.60. The molecule has 0 saturated heterocycles. The summed E-state index contributed by atoms with van der Waals surface area (Å²) >= 11 is 0. The Kier molecular flexibility index (Phi) is 5.74. The SMILES string of the molecule is CCCNS(=O)(=O)c1ccccc1NC(C)(CC)C(=O)O. The Morgan fingerprint density at radius 1 is 1.29 bits per heavy atom. The van der Waals surface area contributed by atoms with Crippen LogP contribution < -0.4 is 10.0 Å². The number of benzene rings is 1. The highest BCUT2D eigenvalue weighted by molar-refractivity contribution is 7.89. The fourth-order valence-corrected chi connectivity index (χ4v) is 3.00. The molecule has 6 nitrogen and oxygen atoms in total. The van der Waals surface area contributed by atoms with E-state index in [0.717, 1.165) is 0 Å². The molecule has 21 heavy (non-hydrogen) atoms. The monoisotopic (exact) mass is 314 g/mol. The van der Waals surface area contributed by atoms with Crippen LogP contribution in [0.3, 0.4) is 0 Å². The van der Waals surface area contributed by atoms with Gasteiger partial charge in [-0.1, -0.05) is 26.0 Å². The number of hydrogen-bond acceptors (Lipinski definition) is 4. The van der Waals surface area contributed by atoms with Gasteiger partial charge in [-0.2, -0.15) is 0 Å². The molecular weight excluding hydrogens is 292 g/mol. The summed E-state index contributed by atoms with van der Waals surface area (Å²) < 4.78 is 27.0. The molecule has 1 rings (SSSR count). The van der Waals surface area contributed by atoms with Crippen molar-refractivity contribution in [2.24, 2.45) is 0 Å². The van der Waals surface area contributed by atoms with Crippen molar-refractivity contribution >= 4 is 21.7 Å². The molecule has 0 amide bonds. The van der Waals surface area contributed by atoms with Gasteiger partial charge in [-0.3, -0.25) is 0 Å². The first-order valence-electron chi connectivity index (χ1n) is 6.87. The second-order valence-corrected chi connectivity index (χ2v) is 6.75. The maximum absolute atomic E-state index is 12.3. The molecule has 0 spiro atoms. The lowest BCUT2D eigenvalue weighted by Crippen LogP contribution is -2.43. The van der Waals surface area contributed by atoms with Crippen molar-refractivity contribution in [2.45, 2.75) is 44.0 Å². The summed E-state index contributed by atoms with van der Waals surface area (Å²) in [6.45, 7) is 5.46. The third-order valence-electron chi connectivity index (χ3n) is 3.31. The van der Waals surface area contributed by atoms with Crippen LogP contribution in [0, 0.1) is 0 Å². The van der Waals surface area contributed by atoms with E-state index < -0.39 is 21.5 Å². The lowest BCUT2D eigenvalue weighted by Gasteiger charge is -2.27. The number of anilines is 1. The summed E-state index contributed by atoms with van der Waals surface area (Å²) in [4.78, 5) is 11.4. The quantitative estimate of drug-likeness (QED) is 0.682. The van der Waals surface area contributed by atoms with Crippen LogP contribution in [0.25, 0.3) is 0 Å². The van der Waals surface area contributed by atoms with E-state index in [4.69, 9.17) is 0 Å². The van der Waals surface area contributed by atoms with Crippen molar-refractivity contribution < 1.29 is 18.3 Å². The van der Waals surface area contributed by atoms with Crippen LogP contribution >= 0.6 is 0 Å². The standard InChI is InChI=1S/C14H22N2O4S/c1-4-10-15-21(19,20)12-9-7-6-8-11(12)16-14(3,5-2)13(17)18/h6-9,15-16H,4-5,10H2,1-3H3,(H,17,18). The van der Waals surface area contributed by atoms with Crippen molar-refractivity contribution in [2.75, 3.05) is 11.9 Å². The average molecular weight is 314 g/mol. The minimum absolute atomic E-state index is 0.0550.